The van der Waals surface area contributed by atoms with Crippen molar-refractivity contribution in [3.63, 3.8) is 0 Å². The van der Waals surface area contributed by atoms with E-state index in [4.69, 9.17) is 0 Å². The minimum atomic E-state index is -0.869. The summed E-state index contributed by atoms with van der Waals surface area (Å²) in [5, 5.41) is 0. The van der Waals surface area contributed by atoms with E-state index in [0.29, 0.717) is 0 Å². The summed E-state index contributed by atoms with van der Waals surface area (Å²) < 4.78 is 0. The zero-order valence-electron chi connectivity index (χ0n) is 9.89. The van der Waals surface area contributed by atoms with Crippen LogP contribution in [-0.2, 0) is 0 Å². The Hall–Kier alpha value is 0.657. The van der Waals surface area contributed by atoms with Gasteiger partial charge in [0.25, 0.3) is 0 Å². The van der Waals surface area contributed by atoms with Crippen molar-refractivity contribution in [3.8, 4) is 0 Å². The van der Waals surface area contributed by atoms with Gasteiger partial charge < -0.3 is 4.90 Å². The summed E-state index contributed by atoms with van der Waals surface area (Å²) >= 11 is 0. The maximum absolute atomic E-state index is 2.63. The Morgan fingerprint density at radius 3 is 1.54 bits per heavy atom. The lowest BCUT2D eigenvalue weighted by Crippen LogP contribution is -2.40. The standard InChI is InChI=1S/C10H25NSi.BrH/c1-6-8-11(9-7-2)10-12(3,4)5;/h6-10H2,1-5H3;1H. The second-order valence-electron chi connectivity index (χ2n) is 4.84. The van der Waals surface area contributed by atoms with Crippen LogP contribution in [0.4, 0.5) is 0 Å². The summed E-state index contributed by atoms with van der Waals surface area (Å²) in [7, 11) is -0.869. The molecule has 0 aromatic rings. The SMILES string of the molecule is Br.CCCN(CCC)C[Si](C)(C)C. The molecule has 0 saturated carbocycles. The number of hydrogen-bond donors (Lipinski definition) is 0. The molecule has 0 aliphatic rings. The molecule has 0 N–H and O–H groups in total. The molecule has 0 bridgehead atoms. The van der Waals surface area contributed by atoms with Crippen LogP contribution in [-0.4, -0.2) is 32.2 Å². The molecule has 3 heteroatoms. The zero-order chi connectivity index (χ0) is 9.61. The monoisotopic (exact) mass is 267 g/mol. The van der Waals surface area contributed by atoms with Crippen LogP contribution in [0.3, 0.4) is 0 Å². The van der Waals surface area contributed by atoms with E-state index < -0.39 is 8.07 Å². The molecule has 0 amide bonds. The van der Waals surface area contributed by atoms with Crippen LogP contribution in [0.2, 0.25) is 19.6 Å². The number of rotatable bonds is 6. The van der Waals surface area contributed by atoms with E-state index in [1.54, 1.807) is 0 Å². The van der Waals surface area contributed by atoms with Crippen LogP contribution in [0.5, 0.6) is 0 Å². The van der Waals surface area contributed by atoms with Crippen molar-refractivity contribution in [3.05, 3.63) is 0 Å². The van der Waals surface area contributed by atoms with Gasteiger partial charge in [-0.2, -0.15) is 0 Å². The highest BCUT2D eigenvalue weighted by molar-refractivity contribution is 8.93. The van der Waals surface area contributed by atoms with Gasteiger partial charge in [-0.3, -0.25) is 0 Å². The van der Waals surface area contributed by atoms with Gasteiger partial charge >= 0.3 is 0 Å². The Morgan fingerprint density at radius 2 is 1.31 bits per heavy atom. The third kappa shape index (κ3) is 10.6. The van der Waals surface area contributed by atoms with Crippen molar-refractivity contribution < 1.29 is 0 Å². The molecule has 0 atom stereocenters. The molecule has 0 aromatic heterocycles. The van der Waals surface area contributed by atoms with E-state index in [-0.39, 0.29) is 17.0 Å². The first-order valence-electron chi connectivity index (χ1n) is 5.22. The molecule has 0 radical (unpaired) electrons. The quantitative estimate of drug-likeness (QED) is 0.666. The van der Waals surface area contributed by atoms with E-state index in [1.165, 1.54) is 32.1 Å². The predicted octanol–water partition coefficient (Wildman–Crippen LogP) is 3.56. The number of hydrogen-bond acceptors (Lipinski definition) is 1. The van der Waals surface area contributed by atoms with Gasteiger partial charge in [-0.25, -0.2) is 0 Å². The van der Waals surface area contributed by atoms with Crippen LogP contribution < -0.4 is 0 Å². The summed E-state index contributed by atoms with van der Waals surface area (Å²) in [5.41, 5.74) is 0. The molecule has 0 aromatic carbocycles. The molecule has 13 heavy (non-hydrogen) atoms. The second-order valence-corrected chi connectivity index (χ2v) is 10.3. The molecule has 0 rings (SSSR count). The molecule has 0 fully saturated rings. The lowest BCUT2D eigenvalue weighted by atomic mass is 10.4. The molecule has 0 heterocycles. The Kier molecular flexibility index (Phi) is 9.92. The lowest BCUT2D eigenvalue weighted by molar-refractivity contribution is 0.313. The molecule has 0 unspecified atom stereocenters. The van der Waals surface area contributed by atoms with Gasteiger partial charge in [-0.15, -0.1) is 17.0 Å². The normalized spacial score (nSPS) is 11.5. The summed E-state index contributed by atoms with van der Waals surface area (Å²) in [6.45, 7) is 14.5. The highest BCUT2D eigenvalue weighted by atomic mass is 79.9. The topological polar surface area (TPSA) is 3.24 Å². The summed E-state index contributed by atoms with van der Waals surface area (Å²) in [5.74, 6) is 0. The number of halogens is 1. The minimum Gasteiger partial charge on any atom is -0.306 e. The van der Waals surface area contributed by atoms with Gasteiger partial charge in [0.2, 0.25) is 0 Å². The molecule has 0 aliphatic heterocycles. The van der Waals surface area contributed by atoms with Gasteiger partial charge in [0.15, 0.2) is 0 Å². The average Bonchev–Trinajstić information content (AvgIpc) is 1.84. The van der Waals surface area contributed by atoms with Crippen LogP contribution in [0.1, 0.15) is 26.7 Å². The van der Waals surface area contributed by atoms with E-state index in [1.807, 2.05) is 0 Å². The first-order chi connectivity index (χ1) is 5.49. The van der Waals surface area contributed by atoms with Gasteiger partial charge in [0, 0.05) is 0 Å². The van der Waals surface area contributed by atoms with Gasteiger partial charge in [0.05, 0.1) is 8.07 Å². The van der Waals surface area contributed by atoms with Gasteiger partial charge in [-0.05, 0) is 32.1 Å². The first-order valence-corrected chi connectivity index (χ1v) is 8.92. The van der Waals surface area contributed by atoms with Gasteiger partial charge in [-0.1, -0.05) is 33.5 Å². The highest BCUT2D eigenvalue weighted by Crippen LogP contribution is 2.05. The molecular weight excluding hydrogens is 242 g/mol. The highest BCUT2D eigenvalue weighted by Gasteiger charge is 2.16. The molecule has 1 nitrogen and oxygen atoms in total. The van der Waals surface area contributed by atoms with Crippen molar-refractivity contribution >= 4 is 25.1 Å². The maximum atomic E-state index is 2.63. The van der Waals surface area contributed by atoms with E-state index >= 15 is 0 Å². The largest absolute Gasteiger partial charge is 0.306 e. The third-order valence-corrected chi connectivity index (χ3v) is 3.17. The Bertz CT molecular complexity index is 106. The van der Waals surface area contributed by atoms with Crippen LogP contribution in [0.25, 0.3) is 0 Å². The second kappa shape index (κ2) is 8.01. The smallest absolute Gasteiger partial charge is 0.0599 e. The minimum absolute atomic E-state index is 0. The Balaban J connectivity index is 0. The first kappa shape index (κ1) is 16.1. The van der Waals surface area contributed by atoms with Gasteiger partial charge in [0.1, 0.15) is 0 Å². The number of nitrogens with zero attached hydrogens (tertiary/aromatic N) is 1. The predicted molar refractivity (Wildman–Crippen MR) is 70.7 cm³/mol. The molecular formula is C10H26BrNSi. The van der Waals surface area contributed by atoms with Crippen molar-refractivity contribution in [2.24, 2.45) is 0 Å². The zero-order valence-corrected chi connectivity index (χ0v) is 12.6. The Morgan fingerprint density at radius 1 is 0.923 bits per heavy atom. The van der Waals surface area contributed by atoms with E-state index in [9.17, 15) is 0 Å². The van der Waals surface area contributed by atoms with Crippen LogP contribution >= 0.6 is 17.0 Å². The van der Waals surface area contributed by atoms with Crippen molar-refractivity contribution in [1.29, 1.82) is 0 Å². The summed E-state index contributed by atoms with van der Waals surface area (Å²) in [6, 6.07) is 0. The third-order valence-electron chi connectivity index (χ3n) is 1.78. The van der Waals surface area contributed by atoms with Crippen molar-refractivity contribution in [1.82, 2.24) is 4.90 Å². The van der Waals surface area contributed by atoms with E-state index in [0.717, 1.165) is 0 Å². The fourth-order valence-electron chi connectivity index (χ4n) is 1.57. The molecule has 82 valence electrons. The molecule has 0 aliphatic carbocycles. The fourth-order valence-corrected chi connectivity index (χ4v) is 3.23. The molecule has 0 spiro atoms. The van der Waals surface area contributed by atoms with E-state index in [2.05, 4.69) is 38.4 Å². The van der Waals surface area contributed by atoms with Crippen molar-refractivity contribution in [2.45, 2.75) is 46.3 Å². The Labute approximate surface area is 95.7 Å². The summed E-state index contributed by atoms with van der Waals surface area (Å²) in [4.78, 5) is 2.63. The summed E-state index contributed by atoms with van der Waals surface area (Å²) in [6.07, 6.45) is 3.96. The van der Waals surface area contributed by atoms with Crippen LogP contribution in [0.15, 0.2) is 0 Å². The van der Waals surface area contributed by atoms with Crippen molar-refractivity contribution in [2.75, 3.05) is 19.3 Å². The maximum Gasteiger partial charge on any atom is 0.0599 e. The molecule has 0 saturated heterocycles. The van der Waals surface area contributed by atoms with Crippen LogP contribution in [0, 0.1) is 0 Å². The lowest BCUT2D eigenvalue weighted by Gasteiger charge is -2.28. The fraction of sp³-hybridized carbons (Fsp3) is 1.00. The average molecular weight is 268 g/mol.